The van der Waals surface area contributed by atoms with Gasteiger partial charge in [0.25, 0.3) is 0 Å². The van der Waals surface area contributed by atoms with Gasteiger partial charge in [-0.2, -0.15) is 5.10 Å². The average molecular weight is 335 g/mol. The zero-order valence-corrected chi connectivity index (χ0v) is 14.8. The maximum Gasteiger partial charge on any atom is 0.208 e. The second-order valence-corrected chi connectivity index (χ2v) is 6.92. The Morgan fingerprint density at radius 1 is 1.20 bits per heavy atom. The van der Waals surface area contributed by atoms with E-state index in [0.29, 0.717) is 11.4 Å². The van der Waals surface area contributed by atoms with Gasteiger partial charge in [0, 0.05) is 16.7 Å². The summed E-state index contributed by atoms with van der Waals surface area (Å²) in [5, 5.41) is 15.2. The van der Waals surface area contributed by atoms with Crippen molar-refractivity contribution in [3.63, 3.8) is 0 Å². The lowest BCUT2D eigenvalue weighted by atomic mass is 9.89. The SMILES string of the molecule is Cc1c(C(=O)/C=C\c2cn[nH]c2C(C)(C)C)nnn1-c1ccccc1. The summed E-state index contributed by atoms with van der Waals surface area (Å²) < 4.78 is 1.67. The second-order valence-electron chi connectivity index (χ2n) is 6.92. The van der Waals surface area contributed by atoms with Gasteiger partial charge in [-0.15, -0.1) is 5.10 Å². The summed E-state index contributed by atoms with van der Waals surface area (Å²) in [6.45, 7) is 8.12. The lowest BCUT2D eigenvalue weighted by Gasteiger charge is -2.17. The van der Waals surface area contributed by atoms with E-state index in [1.54, 1.807) is 17.0 Å². The summed E-state index contributed by atoms with van der Waals surface area (Å²) in [5.41, 5.74) is 3.74. The number of H-pyrrole nitrogens is 1. The summed E-state index contributed by atoms with van der Waals surface area (Å²) in [5.74, 6) is -0.180. The van der Waals surface area contributed by atoms with Crippen molar-refractivity contribution in [2.24, 2.45) is 0 Å². The summed E-state index contributed by atoms with van der Waals surface area (Å²) in [4.78, 5) is 12.5. The minimum absolute atomic E-state index is 0.0778. The number of para-hydroxylation sites is 1. The van der Waals surface area contributed by atoms with Crippen molar-refractivity contribution < 1.29 is 4.79 Å². The molecule has 1 aromatic carbocycles. The highest BCUT2D eigenvalue weighted by Crippen LogP contribution is 2.24. The van der Waals surface area contributed by atoms with Gasteiger partial charge in [-0.25, -0.2) is 4.68 Å². The first-order valence-corrected chi connectivity index (χ1v) is 8.12. The predicted octanol–water partition coefficient (Wildman–Crippen LogP) is 3.49. The van der Waals surface area contributed by atoms with Crippen LogP contribution in [0.15, 0.2) is 42.6 Å². The van der Waals surface area contributed by atoms with Crippen molar-refractivity contribution in [2.75, 3.05) is 0 Å². The Bertz CT molecular complexity index is 913. The number of aromatic amines is 1. The third-order valence-corrected chi connectivity index (χ3v) is 3.96. The number of hydrogen-bond acceptors (Lipinski definition) is 4. The fourth-order valence-corrected chi connectivity index (χ4v) is 2.64. The molecule has 25 heavy (non-hydrogen) atoms. The molecule has 3 aromatic rings. The van der Waals surface area contributed by atoms with Gasteiger partial charge in [-0.3, -0.25) is 9.89 Å². The molecule has 0 unspecified atom stereocenters. The van der Waals surface area contributed by atoms with E-state index in [9.17, 15) is 4.79 Å². The first-order valence-electron chi connectivity index (χ1n) is 8.12. The van der Waals surface area contributed by atoms with E-state index in [2.05, 4.69) is 41.3 Å². The van der Waals surface area contributed by atoms with E-state index < -0.39 is 0 Å². The topological polar surface area (TPSA) is 76.5 Å². The Kier molecular flexibility index (Phi) is 4.35. The molecule has 0 atom stereocenters. The number of carbonyl (C=O) groups is 1. The molecule has 2 aromatic heterocycles. The lowest BCUT2D eigenvalue weighted by molar-refractivity contribution is 0.104. The predicted molar refractivity (Wildman–Crippen MR) is 96.7 cm³/mol. The smallest absolute Gasteiger partial charge is 0.208 e. The van der Waals surface area contributed by atoms with Crippen LogP contribution in [0, 0.1) is 6.92 Å². The monoisotopic (exact) mass is 335 g/mol. The number of carbonyl (C=O) groups excluding carboxylic acids is 1. The van der Waals surface area contributed by atoms with Crippen LogP contribution in [-0.4, -0.2) is 31.0 Å². The van der Waals surface area contributed by atoms with Gasteiger partial charge in [0.1, 0.15) is 0 Å². The molecule has 0 amide bonds. The molecule has 0 spiro atoms. The first kappa shape index (κ1) is 16.8. The van der Waals surface area contributed by atoms with Gasteiger partial charge in [-0.1, -0.05) is 44.2 Å². The molecular formula is C19H21N5O. The zero-order chi connectivity index (χ0) is 18.0. The number of hydrogen-bond donors (Lipinski definition) is 1. The minimum Gasteiger partial charge on any atom is -0.287 e. The summed E-state index contributed by atoms with van der Waals surface area (Å²) in [7, 11) is 0. The summed E-state index contributed by atoms with van der Waals surface area (Å²) >= 11 is 0. The van der Waals surface area contributed by atoms with Gasteiger partial charge in [0.15, 0.2) is 5.69 Å². The van der Waals surface area contributed by atoms with Crippen LogP contribution in [0.4, 0.5) is 0 Å². The molecule has 2 heterocycles. The quantitative estimate of drug-likeness (QED) is 0.585. The van der Waals surface area contributed by atoms with Crippen LogP contribution in [0.25, 0.3) is 11.8 Å². The Hall–Kier alpha value is -3.02. The molecule has 0 bridgehead atoms. The fourth-order valence-electron chi connectivity index (χ4n) is 2.64. The fraction of sp³-hybridized carbons (Fsp3) is 0.263. The van der Waals surface area contributed by atoms with Crippen LogP contribution in [0.2, 0.25) is 0 Å². The molecule has 6 heteroatoms. The average Bonchev–Trinajstić information content (AvgIpc) is 3.19. The van der Waals surface area contributed by atoms with E-state index in [1.807, 2.05) is 37.3 Å². The summed E-state index contributed by atoms with van der Waals surface area (Å²) in [6, 6.07) is 9.62. The normalized spacial score (nSPS) is 12.0. The van der Waals surface area contributed by atoms with Crippen molar-refractivity contribution in [1.82, 2.24) is 25.2 Å². The van der Waals surface area contributed by atoms with Crippen molar-refractivity contribution in [1.29, 1.82) is 0 Å². The van der Waals surface area contributed by atoms with E-state index in [1.165, 1.54) is 6.08 Å². The molecule has 6 nitrogen and oxygen atoms in total. The molecule has 1 N–H and O–H groups in total. The first-order chi connectivity index (χ1) is 11.9. The highest BCUT2D eigenvalue weighted by Gasteiger charge is 2.19. The third kappa shape index (κ3) is 3.42. The second kappa shape index (κ2) is 6.47. The molecule has 0 saturated carbocycles. The van der Waals surface area contributed by atoms with E-state index in [-0.39, 0.29) is 11.2 Å². The number of nitrogens with zero attached hydrogens (tertiary/aromatic N) is 4. The van der Waals surface area contributed by atoms with Gasteiger partial charge in [0.05, 0.1) is 17.6 Å². The highest BCUT2D eigenvalue weighted by molar-refractivity contribution is 6.06. The molecule has 0 saturated heterocycles. The standard InChI is InChI=1S/C19H21N5O/c1-13-17(21-23-24(13)15-8-6-5-7-9-15)16(25)11-10-14-12-20-22-18(14)19(2,3)4/h5-12H,1-4H3,(H,20,22)/b11-10-. The van der Waals surface area contributed by atoms with Gasteiger partial charge in [0.2, 0.25) is 5.78 Å². The Morgan fingerprint density at radius 3 is 2.60 bits per heavy atom. The lowest BCUT2D eigenvalue weighted by Crippen LogP contribution is -2.13. The molecule has 0 aliphatic heterocycles. The van der Waals surface area contributed by atoms with Crippen molar-refractivity contribution in [3.05, 3.63) is 65.2 Å². The van der Waals surface area contributed by atoms with E-state index >= 15 is 0 Å². The number of allylic oxidation sites excluding steroid dienone is 1. The number of rotatable bonds is 4. The maximum atomic E-state index is 12.5. The zero-order valence-electron chi connectivity index (χ0n) is 14.8. The van der Waals surface area contributed by atoms with Crippen molar-refractivity contribution in [2.45, 2.75) is 33.1 Å². The molecular weight excluding hydrogens is 314 g/mol. The minimum atomic E-state index is -0.180. The molecule has 3 rings (SSSR count). The van der Waals surface area contributed by atoms with Crippen LogP contribution >= 0.6 is 0 Å². The Balaban J connectivity index is 1.86. The Morgan fingerprint density at radius 2 is 1.92 bits per heavy atom. The number of nitrogens with one attached hydrogen (secondary N) is 1. The number of aromatic nitrogens is 5. The van der Waals surface area contributed by atoms with Crippen molar-refractivity contribution >= 4 is 11.9 Å². The molecule has 0 aliphatic rings. The number of benzene rings is 1. The van der Waals surface area contributed by atoms with E-state index in [0.717, 1.165) is 16.9 Å². The van der Waals surface area contributed by atoms with Crippen LogP contribution < -0.4 is 0 Å². The molecule has 0 aliphatic carbocycles. The maximum absolute atomic E-state index is 12.5. The Labute approximate surface area is 146 Å². The highest BCUT2D eigenvalue weighted by atomic mass is 16.1. The van der Waals surface area contributed by atoms with Gasteiger partial charge >= 0.3 is 0 Å². The van der Waals surface area contributed by atoms with Crippen LogP contribution in [-0.2, 0) is 5.41 Å². The molecule has 0 radical (unpaired) electrons. The van der Waals surface area contributed by atoms with Crippen LogP contribution in [0.1, 0.15) is 48.2 Å². The van der Waals surface area contributed by atoms with Crippen molar-refractivity contribution in [3.8, 4) is 5.69 Å². The van der Waals surface area contributed by atoms with E-state index in [4.69, 9.17) is 0 Å². The molecule has 0 fully saturated rings. The number of ketones is 1. The van der Waals surface area contributed by atoms with Crippen LogP contribution in [0.3, 0.4) is 0 Å². The third-order valence-electron chi connectivity index (χ3n) is 3.96. The molecule has 128 valence electrons. The van der Waals surface area contributed by atoms with Crippen LogP contribution in [0.5, 0.6) is 0 Å². The van der Waals surface area contributed by atoms with Gasteiger partial charge < -0.3 is 0 Å². The largest absolute Gasteiger partial charge is 0.287 e. The van der Waals surface area contributed by atoms with Gasteiger partial charge in [-0.05, 0) is 31.2 Å². The summed E-state index contributed by atoms with van der Waals surface area (Å²) in [6.07, 6.45) is 5.01.